The first-order chi connectivity index (χ1) is 7.20. The van der Waals surface area contributed by atoms with E-state index >= 15 is 0 Å². The fourth-order valence-electron chi connectivity index (χ4n) is 2.05. The maximum atomic E-state index is 10.6. The molecule has 2 rings (SSSR count). The standard InChI is InChI=1S/C11H18O4/c12-10(13)6-11(3-4-11)8-14-7-9-2-1-5-15-9/h9H,1-8H2,(H,12,13). The van der Waals surface area contributed by atoms with Gasteiger partial charge in [0.1, 0.15) is 0 Å². The minimum absolute atomic E-state index is 0.0512. The van der Waals surface area contributed by atoms with E-state index in [-0.39, 0.29) is 17.9 Å². The van der Waals surface area contributed by atoms with Gasteiger partial charge in [0.05, 0.1) is 25.7 Å². The van der Waals surface area contributed by atoms with Crippen LogP contribution in [0.2, 0.25) is 0 Å². The number of aliphatic carboxylic acids is 1. The average Bonchev–Trinajstić information content (AvgIpc) is 2.74. The fraction of sp³-hybridized carbons (Fsp3) is 0.909. The minimum Gasteiger partial charge on any atom is -0.481 e. The molecule has 0 radical (unpaired) electrons. The minimum atomic E-state index is -0.715. The van der Waals surface area contributed by atoms with E-state index < -0.39 is 5.97 Å². The molecule has 4 heteroatoms. The molecule has 1 unspecified atom stereocenters. The van der Waals surface area contributed by atoms with Crippen molar-refractivity contribution in [1.29, 1.82) is 0 Å². The summed E-state index contributed by atoms with van der Waals surface area (Å²) in [6.45, 7) is 2.05. The first kappa shape index (κ1) is 10.9. The predicted octanol–water partition coefficient (Wildman–Crippen LogP) is 1.44. The maximum absolute atomic E-state index is 10.6. The molecule has 0 aromatic heterocycles. The number of carbonyl (C=O) groups is 1. The van der Waals surface area contributed by atoms with Crippen molar-refractivity contribution in [2.24, 2.45) is 5.41 Å². The van der Waals surface area contributed by atoms with Crippen LogP contribution in [0.25, 0.3) is 0 Å². The highest BCUT2D eigenvalue weighted by Gasteiger charge is 2.44. The molecule has 0 amide bonds. The molecule has 0 aromatic rings. The van der Waals surface area contributed by atoms with Crippen LogP contribution in [0.5, 0.6) is 0 Å². The van der Waals surface area contributed by atoms with Crippen molar-refractivity contribution in [3.63, 3.8) is 0 Å². The maximum Gasteiger partial charge on any atom is 0.303 e. The molecule has 4 nitrogen and oxygen atoms in total. The molecule has 2 aliphatic rings. The Morgan fingerprint density at radius 2 is 2.33 bits per heavy atom. The van der Waals surface area contributed by atoms with Crippen molar-refractivity contribution >= 4 is 5.97 Å². The Morgan fingerprint density at radius 3 is 2.87 bits per heavy atom. The van der Waals surface area contributed by atoms with Gasteiger partial charge in [-0.05, 0) is 25.7 Å². The van der Waals surface area contributed by atoms with Gasteiger partial charge in [0.25, 0.3) is 0 Å². The van der Waals surface area contributed by atoms with Gasteiger partial charge in [-0.25, -0.2) is 0 Å². The average molecular weight is 214 g/mol. The molecule has 2 fully saturated rings. The molecular formula is C11H18O4. The topological polar surface area (TPSA) is 55.8 Å². The third kappa shape index (κ3) is 3.18. The second kappa shape index (κ2) is 4.49. The van der Waals surface area contributed by atoms with E-state index in [1.165, 1.54) is 0 Å². The van der Waals surface area contributed by atoms with Gasteiger partial charge in [-0.3, -0.25) is 4.79 Å². The number of ether oxygens (including phenoxy) is 2. The van der Waals surface area contributed by atoms with Crippen LogP contribution in [0.3, 0.4) is 0 Å². The third-order valence-electron chi connectivity index (χ3n) is 3.22. The Kier molecular flexibility index (Phi) is 3.26. The van der Waals surface area contributed by atoms with Gasteiger partial charge in [0.15, 0.2) is 0 Å². The molecule has 1 saturated carbocycles. The highest BCUT2D eigenvalue weighted by Crippen LogP contribution is 2.48. The molecule has 1 saturated heterocycles. The van der Waals surface area contributed by atoms with E-state index in [1.54, 1.807) is 0 Å². The van der Waals surface area contributed by atoms with Crippen LogP contribution in [0.1, 0.15) is 32.1 Å². The summed E-state index contributed by atoms with van der Waals surface area (Å²) in [4.78, 5) is 10.6. The van der Waals surface area contributed by atoms with Crippen LogP contribution in [0.15, 0.2) is 0 Å². The fourth-order valence-corrected chi connectivity index (χ4v) is 2.05. The summed E-state index contributed by atoms with van der Waals surface area (Å²) in [5, 5.41) is 8.72. The first-order valence-corrected chi connectivity index (χ1v) is 5.61. The predicted molar refractivity (Wildman–Crippen MR) is 53.7 cm³/mol. The molecule has 0 bridgehead atoms. The lowest BCUT2D eigenvalue weighted by atomic mass is 10.0. The molecule has 1 aliphatic heterocycles. The zero-order valence-corrected chi connectivity index (χ0v) is 8.91. The summed E-state index contributed by atoms with van der Waals surface area (Å²) in [6.07, 6.45) is 4.67. The largest absolute Gasteiger partial charge is 0.481 e. The van der Waals surface area contributed by atoms with Crippen LogP contribution in [0.4, 0.5) is 0 Å². The third-order valence-corrected chi connectivity index (χ3v) is 3.22. The number of hydrogen-bond donors (Lipinski definition) is 1. The summed E-state index contributed by atoms with van der Waals surface area (Å²) in [6, 6.07) is 0. The molecule has 86 valence electrons. The summed E-state index contributed by atoms with van der Waals surface area (Å²) < 4.78 is 11.0. The lowest BCUT2D eigenvalue weighted by Gasteiger charge is -2.15. The van der Waals surface area contributed by atoms with Gasteiger partial charge < -0.3 is 14.6 Å². The van der Waals surface area contributed by atoms with Crippen LogP contribution in [-0.4, -0.2) is 37.0 Å². The Labute approximate surface area is 89.6 Å². The Bertz CT molecular complexity index is 229. The van der Waals surface area contributed by atoms with Gasteiger partial charge >= 0.3 is 5.97 Å². The van der Waals surface area contributed by atoms with Gasteiger partial charge in [-0.15, -0.1) is 0 Å². The van der Waals surface area contributed by atoms with E-state index in [2.05, 4.69) is 0 Å². The molecule has 0 aromatic carbocycles. The van der Waals surface area contributed by atoms with E-state index in [9.17, 15) is 4.79 Å². The lowest BCUT2D eigenvalue weighted by Crippen LogP contribution is -2.20. The molecule has 1 aliphatic carbocycles. The van der Waals surface area contributed by atoms with Crippen molar-refractivity contribution < 1.29 is 19.4 Å². The van der Waals surface area contributed by atoms with Crippen LogP contribution < -0.4 is 0 Å². The highest BCUT2D eigenvalue weighted by molar-refractivity contribution is 5.68. The smallest absolute Gasteiger partial charge is 0.303 e. The number of rotatable bonds is 6. The number of hydrogen-bond acceptors (Lipinski definition) is 3. The van der Waals surface area contributed by atoms with Gasteiger partial charge in [0.2, 0.25) is 0 Å². The SMILES string of the molecule is O=C(O)CC1(COCC2CCCO2)CC1. The summed E-state index contributed by atoms with van der Waals surface area (Å²) >= 11 is 0. The van der Waals surface area contributed by atoms with Gasteiger partial charge in [0, 0.05) is 12.0 Å². The highest BCUT2D eigenvalue weighted by atomic mass is 16.5. The quantitative estimate of drug-likeness (QED) is 0.726. The zero-order chi connectivity index (χ0) is 10.7. The molecule has 1 atom stereocenters. The van der Waals surface area contributed by atoms with E-state index in [4.69, 9.17) is 14.6 Å². The van der Waals surface area contributed by atoms with Crippen LogP contribution in [-0.2, 0) is 14.3 Å². The second-order valence-corrected chi connectivity index (χ2v) is 4.72. The van der Waals surface area contributed by atoms with Crippen molar-refractivity contribution in [2.75, 3.05) is 19.8 Å². The van der Waals surface area contributed by atoms with Crippen molar-refractivity contribution in [3.8, 4) is 0 Å². The van der Waals surface area contributed by atoms with Crippen LogP contribution >= 0.6 is 0 Å². The Morgan fingerprint density at radius 1 is 1.53 bits per heavy atom. The van der Waals surface area contributed by atoms with Gasteiger partial charge in [-0.1, -0.05) is 0 Å². The van der Waals surface area contributed by atoms with E-state index in [1.807, 2.05) is 0 Å². The summed E-state index contributed by atoms with van der Waals surface area (Å²) in [5.74, 6) is -0.715. The molecular weight excluding hydrogens is 196 g/mol. The van der Waals surface area contributed by atoms with Crippen molar-refractivity contribution in [2.45, 2.75) is 38.2 Å². The normalized spacial score (nSPS) is 27.9. The van der Waals surface area contributed by atoms with Crippen LogP contribution in [0, 0.1) is 5.41 Å². The van der Waals surface area contributed by atoms with Gasteiger partial charge in [-0.2, -0.15) is 0 Å². The second-order valence-electron chi connectivity index (χ2n) is 4.72. The molecule has 15 heavy (non-hydrogen) atoms. The van der Waals surface area contributed by atoms with E-state index in [0.29, 0.717) is 13.2 Å². The molecule has 0 spiro atoms. The zero-order valence-electron chi connectivity index (χ0n) is 8.91. The first-order valence-electron chi connectivity index (χ1n) is 5.61. The number of carboxylic acid groups (broad SMARTS) is 1. The Hall–Kier alpha value is -0.610. The summed E-state index contributed by atoms with van der Waals surface area (Å²) in [7, 11) is 0. The summed E-state index contributed by atoms with van der Waals surface area (Å²) in [5.41, 5.74) is -0.0512. The monoisotopic (exact) mass is 214 g/mol. The lowest BCUT2D eigenvalue weighted by molar-refractivity contribution is -0.139. The van der Waals surface area contributed by atoms with Crippen molar-refractivity contribution in [3.05, 3.63) is 0 Å². The van der Waals surface area contributed by atoms with E-state index in [0.717, 1.165) is 32.3 Å². The van der Waals surface area contributed by atoms with Crippen molar-refractivity contribution in [1.82, 2.24) is 0 Å². The molecule has 1 heterocycles. The Balaban J connectivity index is 1.62. The number of carboxylic acids is 1. The molecule has 1 N–H and O–H groups in total.